The molecule has 0 aromatic rings. The second kappa shape index (κ2) is 16.2. The van der Waals surface area contributed by atoms with E-state index in [1.165, 1.54) is 0 Å². The zero-order valence-electron chi connectivity index (χ0n) is 8.02. The summed E-state index contributed by atoms with van der Waals surface area (Å²) in [5.41, 5.74) is 0. The molecule has 0 atom stereocenters. The van der Waals surface area contributed by atoms with Crippen LogP contribution >= 0.6 is 0 Å². The molecule has 66 valence electrons. The van der Waals surface area contributed by atoms with E-state index in [-0.39, 0.29) is 0 Å². The van der Waals surface area contributed by atoms with Gasteiger partial charge in [-0.15, -0.1) is 0 Å². The Labute approximate surface area is 69.6 Å². The van der Waals surface area contributed by atoms with Gasteiger partial charge in [0.1, 0.15) is 0 Å². The van der Waals surface area contributed by atoms with Crippen LogP contribution in [-0.2, 0) is 0 Å². The highest BCUT2D eigenvalue weighted by Crippen LogP contribution is 1.72. The van der Waals surface area contributed by atoms with Crippen LogP contribution in [0.15, 0.2) is 9.98 Å². The Bertz CT molecular complexity index is 104. The van der Waals surface area contributed by atoms with Crippen molar-refractivity contribution in [3.63, 3.8) is 0 Å². The summed E-state index contributed by atoms with van der Waals surface area (Å²) < 4.78 is 0. The van der Waals surface area contributed by atoms with Gasteiger partial charge in [0.25, 0.3) is 0 Å². The molecule has 0 aliphatic heterocycles. The highest BCUT2D eigenvalue weighted by molar-refractivity contribution is 5.40. The topological polar surface area (TPSA) is 36.8 Å². The first kappa shape index (κ1) is 13.0. The van der Waals surface area contributed by atoms with Gasteiger partial charge in [-0.05, 0) is 27.4 Å². The number of nitrogens with one attached hydrogen (secondary N) is 1. The Morgan fingerprint density at radius 2 is 1.73 bits per heavy atom. The molecule has 0 fully saturated rings. The lowest BCUT2D eigenvalue weighted by Crippen LogP contribution is -1.89. The molecule has 0 rings (SSSR count). The molecule has 0 spiro atoms. The summed E-state index contributed by atoms with van der Waals surface area (Å²) in [6.07, 6.45) is 1.08. The average molecular weight is 157 g/mol. The third-order valence-electron chi connectivity index (χ3n) is 0.635. The van der Waals surface area contributed by atoms with Crippen molar-refractivity contribution >= 4 is 6.01 Å². The minimum absolute atomic E-state index is 0.785. The van der Waals surface area contributed by atoms with Crippen LogP contribution in [0.3, 0.4) is 0 Å². The van der Waals surface area contributed by atoms with E-state index in [1.807, 2.05) is 21.0 Å². The van der Waals surface area contributed by atoms with E-state index in [0.29, 0.717) is 0 Å². The second-order valence-corrected chi connectivity index (χ2v) is 1.96. The van der Waals surface area contributed by atoms with Crippen LogP contribution in [0.25, 0.3) is 0 Å². The molecule has 0 aromatic carbocycles. The molecular weight excluding hydrogens is 138 g/mol. The third-order valence-corrected chi connectivity index (χ3v) is 0.635. The van der Waals surface area contributed by atoms with Crippen LogP contribution in [-0.4, -0.2) is 33.2 Å². The minimum atomic E-state index is 0.785. The van der Waals surface area contributed by atoms with Gasteiger partial charge in [0.2, 0.25) is 0 Å². The first-order valence-electron chi connectivity index (χ1n) is 3.99. The molecule has 0 saturated heterocycles. The van der Waals surface area contributed by atoms with Gasteiger partial charge >= 0.3 is 0 Å². The molecule has 3 nitrogen and oxygen atoms in total. The van der Waals surface area contributed by atoms with Gasteiger partial charge in [0, 0.05) is 13.1 Å². The zero-order valence-corrected chi connectivity index (χ0v) is 8.02. The summed E-state index contributed by atoms with van der Waals surface area (Å²) in [5.74, 6) is 0. The van der Waals surface area contributed by atoms with Gasteiger partial charge in [-0.2, -0.15) is 0 Å². The van der Waals surface area contributed by atoms with Crippen molar-refractivity contribution in [3.05, 3.63) is 0 Å². The normalized spacial score (nSPS) is 7.27. The summed E-state index contributed by atoms with van der Waals surface area (Å²) in [5, 5.41) is 2.75. The number of hydrogen-bond acceptors (Lipinski definition) is 3. The van der Waals surface area contributed by atoms with Crippen molar-refractivity contribution in [2.24, 2.45) is 9.98 Å². The Morgan fingerprint density at radius 1 is 1.18 bits per heavy atom. The van der Waals surface area contributed by atoms with E-state index >= 15 is 0 Å². The lowest BCUT2D eigenvalue weighted by atomic mass is 10.5. The Hall–Kier alpha value is -0.660. The molecule has 0 saturated carbocycles. The minimum Gasteiger partial charge on any atom is -0.323 e. The number of rotatable bonds is 3. The van der Waals surface area contributed by atoms with E-state index in [4.69, 9.17) is 0 Å². The highest BCUT2D eigenvalue weighted by atomic mass is 14.8. The van der Waals surface area contributed by atoms with Gasteiger partial charge in [-0.25, -0.2) is 9.98 Å². The van der Waals surface area contributed by atoms with Crippen LogP contribution in [0.1, 0.15) is 20.3 Å². The van der Waals surface area contributed by atoms with Gasteiger partial charge in [0.15, 0.2) is 0 Å². The molecule has 1 N–H and O–H groups in total. The quantitative estimate of drug-likeness (QED) is 0.618. The molecule has 0 aliphatic carbocycles. The Morgan fingerprint density at radius 3 is 2.09 bits per heavy atom. The maximum Gasteiger partial charge on any atom is 0.0892 e. The second-order valence-electron chi connectivity index (χ2n) is 1.96. The fraction of sp³-hybridized carbons (Fsp3) is 0.875. The number of nitrogens with zero attached hydrogens (tertiary/aromatic N) is 2. The molecule has 0 aromatic heterocycles. The van der Waals surface area contributed by atoms with Crippen molar-refractivity contribution < 1.29 is 0 Å². The van der Waals surface area contributed by atoms with Gasteiger partial charge < -0.3 is 5.32 Å². The van der Waals surface area contributed by atoms with Crippen molar-refractivity contribution in [1.29, 1.82) is 0 Å². The fourth-order valence-electron chi connectivity index (χ4n) is 0.283. The predicted molar refractivity (Wildman–Crippen MR) is 50.5 cm³/mol. The van der Waals surface area contributed by atoms with Gasteiger partial charge in [-0.3, -0.25) is 0 Å². The van der Waals surface area contributed by atoms with E-state index in [1.54, 1.807) is 0 Å². The van der Waals surface area contributed by atoms with Crippen LogP contribution in [0.4, 0.5) is 0 Å². The Balaban J connectivity index is 0. The molecule has 11 heavy (non-hydrogen) atoms. The molecule has 3 heteroatoms. The van der Waals surface area contributed by atoms with Crippen LogP contribution in [0.5, 0.6) is 0 Å². The smallest absolute Gasteiger partial charge is 0.0892 e. The van der Waals surface area contributed by atoms with E-state index in [0.717, 1.165) is 19.5 Å². The third kappa shape index (κ3) is 26.7. The molecular formula is C8H19N3. The summed E-state index contributed by atoms with van der Waals surface area (Å²) in [6.45, 7) is 5.68. The van der Waals surface area contributed by atoms with Crippen LogP contribution in [0, 0.1) is 0 Å². The Kier molecular flexibility index (Phi) is 19.1. The summed E-state index contributed by atoms with van der Waals surface area (Å²) in [7, 11) is 3.75. The monoisotopic (exact) mass is 157 g/mol. The van der Waals surface area contributed by atoms with Crippen molar-refractivity contribution in [2.45, 2.75) is 20.3 Å². The first-order chi connectivity index (χ1) is 5.33. The maximum atomic E-state index is 3.86. The summed E-state index contributed by atoms with van der Waals surface area (Å²) >= 11 is 0. The van der Waals surface area contributed by atoms with E-state index < -0.39 is 0 Å². The molecule has 0 heterocycles. The van der Waals surface area contributed by atoms with E-state index in [2.05, 4.69) is 28.2 Å². The van der Waals surface area contributed by atoms with Gasteiger partial charge in [0.05, 0.1) is 6.01 Å². The van der Waals surface area contributed by atoms with Crippen molar-refractivity contribution in [2.75, 3.05) is 27.2 Å². The zero-order chi connectivity index (χ0) is 8.95. The summed E-state index contributed by atoms with van der Waals surface area (Å²) in [6, 6.07) is 2.59. The number of hydrogen-bond donors (Lipinski definition) is 1. The molecule has 0 unspecified atom stereocenters. The molecule has 0 amide bonds. The molecule has 0 radical (unpaired) electrons. The molecule has 0 bridgehead atoms. The fourth-order valence-corrected chi connectivity index (χ4v) is 0.283. The average Bonchev–Trinajstić information content (AvgIpc) is 2.00. The molecule has 0 aliphatic rings. The summed E-state index contributed by atoms with van der Waals surface area (Å²) in [4.78, 5) is 7.66. The number of aliphatic imine (C=N–C) groups is 2. The van der Waals surface area contributed by atoms with Crippen LogP contribution in [0.2, 0.25) is 0 Å². The highest BCUT2D eigenvalue weighted by Gasteiger charge is 1.66. The van der Waals surface area contributed by atoms with Crippen molar-refractivity contribution in [3.8, 4) is 0 Å². The van der Waals surface area contributed by atoms with Crippen molar-refractivity contribution in [1.82, 2.24) is 5.32 Å². The standard InChI is InChI=1S/C6H12N2.C2H7N/c1-3-5-8-6-7-4-2;1-3-2/h3-5H2,1-2H3;3H,1-2H3. The van der Waals surface area contributed by atoms with E-state index in [9.17, 15) is 0 Å². The SMILES string of the molecule is CCCN=C=NCC.CNC. The lowest BCUT2D eigenvalue weighted by Gasteiger charge is -1.75. The first-order valence-corrected chi connectivity index (χ1v) is 3.99. The van der Waals surface area contributed by atoms with Crippen LogP contribution < -0.4 is 5.32 Å². The predicted octanol–water partition coefficient (Wildman–Crippen LogP) is 1.43. The lowest BCUT2D eigenvalue weighted by molar-refractivity contribution is 0.935. The largest absolute Gasteiger partial charge is 0.323 e. The maximum absolute atomic E-state index is 3.86. The van der Waals surface area contributed by atoms with Gasteiger partial charge in [-0.1, -0.05) is 6.92 Å².